The lowest BCUT2D eigenvalue weighted by Crippen LogP contribution is -2.07. The van der Waals surface area contributed by atoms with E-state index in [1.165, 1.54) is 16.7 Å². The van der Waals surface area contributed by atoms with Crippen molar-refractivity contribution in [1.29, 1.82) is 0 Å². The summed E-state index contributed by atoms with van der Waals surface area (Å²) in [5, 5.41) is 0. The fourth-order valence-electron chi connectivity index (χ4n) is 3.86. The van der Waals surface area contributed by atoms with Crippen molar-refractivity contribution in [2.24, 2.45) is 5.41 Å². The maximum Gasteiger partial charge on any atom is 0.0239 e. The molecule has 5 aliphatic rings. The first-order valence-electron chi connectivity index (χ1n) is 8.92. The van der Waals surface area contributed by atoms with Crippen LogP contribution in [0.4, 0.5) is 0 Å². The number of benzene rings is 2. The van der Waals surface area contributed by atoms with Crippen LogP contribution in [0, 0.1) is 5.41 Å². The molecule has 0 N–H and O–H groups in total. The predicted molar refractivity (Wildman–Crippen MR) is 98.0 cm³/mol. The zero-order chi connectivity index (χ0) is 16.0. The number of hydrogen-bond acceptors (Lipinski definition) is 0. The van der Waals surface area contributed by atoms with Crippen molar-refractivity contribution in [3.8, 4) is 0 Å². The predicted octanol–water partition coefficient (Wildman–Crippen LogP) is 5.64. The molecule has 0 aliphatic heterocycles. The van der Waals surface area contributed by atoms with Crippen LogP contribution in [0.1, 0.15) is 54.5 Å². The summed E-state index contributed by atoms with van der Waals surface area (Å²) < 4.78 is 0. The van der Waals surface area contributed by atoms with Crippen molar-refractivity contribution in [2.45, 2.75) is 52.4 Å². The fourth-order valence-corrected chi connectivity index (χ4v) is 3.86. The van der Waals surface area contributed by atoms with E-state index in [-0.39, 0.29) is 0 Å². The Labute approximate surface area is 140 Å². The topological polar surface area (TPSA) is 0 Å². The average molecular weight is 302 g/mol. The fraction of sp³-hybridized carbons (Fsp3) is 0.391. The van der Waals surface area contributed by atoms with Crippen molar-refractivity contribution in [2.75, 3.05) is 0 Å². The SMILES string of the molecule is CC(C)(C)C1=CC1c1cc2ccc1CCc1ccc(cc1)CC2. The monoisotopic (exact) mass is 302 g/mol. The molecule has 1 unspecified atom stereocenters. The lowest BCUT2D eigenvalue weighted by Gasteiger charge is -2.19. The van der Waals surface area contributed by atoms with Crippen LogP contribution in [0.2, 0.25) is 0 Å². The summed E-state index contributed by atoms with van der Waals surface area (Å²) in [5.74, 6) is 0.591. The van der Waals surface area contributed by atoms with E-state index in [2.05, 4.69) is 69.3 Å². The van der Waals surface area contributed by atoms with E-state index in [0.29, 0.717) is 11.3 Å². The molecule has 0 heterocycles. The zero-order valence-corrected chi connectivity index (χ0v) is 14.5. The highest BCUT2D eigenvalue weighted by Gasteiger charge is 2.36. The van der Waals surface area contributed by atoms with Gasteiger partial charge in [0, 0.05) is 5.92 Å². The highest BCUT2D eigenvalue weighted by molar-refractivity contribution is 5.53. The van der Waals surface area contributed by atoms with Gasteiger partial charge in [0.15, 0.2) is 0 Å². The van der Waals surface area contributed by atoms with E-state index < -0.39 is 0 Å². The molecule has 0 aromatic heterocycles. The molecule has 118 valence electrons. The van der Waals surface area contributed by atoms with Crippen molar-refractivity contribution < 1.29 is 0 Å². The quantitative estimate of drug-likeness (QED) is 0.598. The van der Waals surface area contributed by atoms with Gasteiger partial charge in [-0.1, -0.05) is 74.9 Å². The maximum absolute atomic E-state index is 2.49. The highest BCUT2D eigenvalue weighted by Crippen LogP contribution is 2.50. The number of aryl methyl sites for hydroxylation is 4. The van der Waals surface area contributed by atoms with Crippen LogP contribution >= 0.6 is 0 Å². The first-order valence-corrected chi connectivity index (χ1v) is 8.92. The summed E-state index contributed by atoms with van der Waals surface area (Å²) in [6, 6.07) is 16.5. The van der Waals surface area contributed by atoms with Gasteiger partial charge in [0.05, 0.1) is 0 Å². The van der Waals surface area contributed by atoms with Crippen LogP contribution in [0.15, 0.2) is 54.1 Å². The molecule has 0 amide bonds. The average Bonchev–Trinajstić information content (AvgIpc) is 3.30. The molecule has 0 radical (unpaired) electrons. The van der Waals surface area contributed by atoms with Crippen molar-refractivity contribution in [3.05, 3.63) is 81.9 Å². The Morgan fingerprint density at radius 3 is 1.91 bits per heavy atom. The minimum absolute atomic E-state index is 0.304. The van der Waals surface area contributed by atoms with E-state index in [1.54, 1.807) is 16.7 Å². The van der Waals surface area contributed by atoms with Gasteiger partial charge in [-0.05, 0) is 58.9 Å². The van der Waals surface area contributed by atoms with E-state index in [9.17, 15) is 0 Å². The molecule has 0 spiro atoms. The molecule has 0 saturated carbocycles. The van der Waals surface area contributed by atoms with Crippen LogP contribution < -0.4 is 0 Å². The smallest absolute Gasteiger partial charge is 0.0239 e. The zero-order valence-electron chi connectivity index (χ0n) is 14.5. The first kappa shape index (κ1) is 14.8. The Morgan fingerprint density at radius 2 is 1.30 bits per heavy atom. The third-order valence-electron chi connectivity index (χ3n) is 5.39. The molecule has 0 heteroatoms. The summed E-state index contributed by atoms with van der Waals surface area (Å²) in [7, 11) is 0. The Bertz CT molecular complexity index is 754. The van der Waals surface area contributed by atoms with E-state index >= 15 is 0 Å². The maximum atomic E-state index is 2.49. The second kappa shape index (κ2) is 5.37. The summed E-state index contributed by atoms with van der Waals surface area (Å²) in [5.41, 5.74) is 9.44. The third-order valence-corrected chi connectivity index (χ3v) is 5.39. The molecule has 1 atom stereocenters. The van der Waals surface area contributed by atoms with E-state index in [4.69, 9.17) is 0 Å². The second-order valence-corrected chi connectivity index (χ2v) is 8.20. The Kier molecular flexibility index (Phi) is 3.44. The molecule has 4 bridgehead atoms. The van der Waals surface area contributed by atoms with Crippen molar-refractivity contribution >= 4 is 0 Å². The van der Waals surface area contributed by atoms with Gasteiger partial charge in [0.25, 0.3) is 0 Å². The molecular weight excluding hydrogens is 276 g/mol. The van der Waals surface area contributed by atoms with Gasteiger partial charge in [0.1, 0.15) is 0 Å². The molecule has 0 fully saturated rings. The molecule has 7 rings (SSSR count). The number of allylic oxidation sites excluding steroid dienone is 2. The molecular formula is C23H26. The van der Waals surface area contributed by atoms with Gasteiger partial charge >= 0.3 is 0 Å². The van der Waals surface area contributed by atoms with Crippen LogP contribution in [0.5, 0.6) is 0 Å². The van der Waals surface area contributed by atoms with Gasteiger partial charge in [-0.25, -0.2) is 0 Å². The van der Waals surface area contributed by atoms with Crippen LogP contribution in [0.25, 0.3) is 0 Å². The minimum atomic E-state index is 0.304. The largest absolute Gasteiger partial charge is 0.0723 e. The van der Waals surface area contributed by atoms with Crippen molar-refractivity contribution in [3.63, 3.8) is 0 Å². The molecule has 2 aromatic carbocycles. The Balaban J connectivity index is 1.67. The summed E-state index contributed by atoms with van der Waals surface area (Å²) in [4.78, 5) is 0. The molecule has 23 heavy (non-hydrogen) atoms. The van der Waals surface area contributed by atoms with Gasteiger partial charge in [-0.3, -0.25) is 0 Å². The summed E-state index contributed by atoms with van der Waals surface area (Å²) >= 11 is 0. The lowest BCUT2D eigenvalue weighted by atomic mass is 9.85. The third kappa shape index (κ3) is 3.00. The van der Waals surface area contributed by atoms with Crippen molar-refractivity contribution in [1.82, 2.24) is 0 Å². The van der Waals surface area contributed by atoms with Gasteiger partial charge in [-0.2, -0.15) is 0 Å². The number of rotatable bonds is 1. The molecule has 2 aromatic rings. The molecule has 0 nitrogen and oxygen atoms in total. The van der Waals surface area contributed by atoms with Gasteiger partial charge in [-0.15, -0.1) is 0 Å². The van der Waals surface area contributed by atoms with E-state index in [0.717, 1.165) is 25.7 Å². The number of hydrogen-bond donors (Lipinski definition) is 0. The van der Waals surface area contributed by atoms with Crippen LogP contribution in [0.3, 0.4) is 0 Å². The summed E-state index contributed by atoms with van der Waals surface area (Å²) in [6.07, 6.45) is 7.05. The van der Waals surface area contributed by atoms with Gasteiger partial charge in [0.2, 0.25) is 0 Å². The second-order valence-electron chi connectivity index (χ2n) is 8.20. The standard InChI is InChI=1S/C23H26/c1-23(2,3)22-15-21(22)20-14-18-9-8-16-4-6-17(7-5-16)10-12-19(20)13-11-18/h4-7,11,13-15,21H,8-10,12H2,1-3H3. The lowest BCUT2D eigenvalue weighted by molar-refractivity contribution is 0.511. The minimum Gasteiger partial charge on any atom is -0.0723 e. The molecule has 0 saturated heterocycles. The van der Waals surface area contributed by atoms with Gasteiger partial charge < -0.3 is 0 Å². The van der Waals surface area contributed by atoms with E-state index in [1.807, 2.05) is 0 Å². The summed E-state index contributed by atoms with van der Waals surface area (Å²) in [6.45, 7) is 7.01. The first-order chi connectivity index (χ1) is 11.0. The molecule has 5 aliphatic carbocycles. The Hall–Kier alpha value is -1.82. The van der Waals surface area contributed by atoms with Crippen LogP contribution in [-0.2, 0) is 25.7 Å². The highest BCUT2D eigenvalue weighted by atomic mass is 14.4. The normalized spacial score (nSPS) is 20.0. The van der Waals surface area contributed by atoms with Crippen LogP contribution in [-0.4, -0.2) is 0 Å². The Morgan fingerprint density at radius 1 is 0.739 bits per heavy atom.